The van der Waals surface area contributed by atoms with E-state index in [9.17, 15) is 8.42 Å². The highest BCUT2D eigenvalue weighted by molar-refractivity contribution is 7.89. The zero-order valence-corrected chi connectivity index (χ0v) is 10.8. The molecule has 2 N–H and O–H groups in total. The van der Waals surface area contributed by atoms with E-state index in [4.69, 9.17) is 9.84 Å². The van der Waals surface area contributed by atoms with E-state index in [2.05, 4.69) is 4.72 Å². The van der Waals surface area contributed by atoms with Crippen LogP contribution in [0.4, 0.5) is 0 Å². The molecule has 1 rings (SSSR count). The molecular weight excluding hydrogens is 244 g/mol. The zero-order valence-electron chi connectivity index (χ0n) is 10.0. The molecule has 0 saturated carbocycles. The molecule has 7 heteroatoms. The van der Waals surface area contributed by atoms with Crippen molar-refractivity contribution in [3.05, 3.63) is 18.0 Å². The molecule has 0 fully saturated rings. The lowest BCUT2D eigenvalue weighted by atomic mass is 10.4. The lowest BCUT2D eigenvalue weighted by Gasteiger charge is -2.03. The van der Waals surface area contributed by atoms with Crippen LogP contribution in [0.1, 0.15) is 12.6 Å². The second-order valence-electron chi connectivity index (χ2n) is 3.50. The van der Waals surface area contributed by atoms with Crippen molar-refractivity contribution in [2.75, 3.05) is 20.3 Å². The fourth-order valence-electron chi connectivity index (χ4n) is 1.46. The van der Waals surface area contributed by atoms with E-state index in [0.717, 1.165) is 0 Å². The summed E-state index contributed by atoms with van der Waals surface area (Å²) in [5, 5.41) is 9.09. The van der Waals surface area contributed by atoms with Crippen molar-refractivity contribution in [3.63, 3.8) is 0 Å². The van der Waals surface area contributed by atoms with Crippen LogP contribution in [-0.4, -0.2) is 38.4 Å². The summed E-state index contributed by atoms with van der Waals surface area (Å²) < 4.78 is 32.6. The number of sulfonamides is 1. The van der Waals surface area contributed by atoms with Crippen LogP contribution in [0.15, 0.2) is 17.2 Å². The summed E-state index contributed by atoms with van der Waals surface area (Å²) in [7, 11) is -2.01. The van der Waals surface area contributed by atoms with Crippen LogP contribution in [-0.2, 0) is 27.9 Å². The molecule has 0 aromatic carbocycles. The first-order valence-corrected chi connectivity index (χ1v) is 6.82. The molecule has 0 saturated heterocycles. The van der Waals surface area contributed by atoms with Gasteiger partial charge in [0.05, 0.1) is 18.1 Å². The van der Waals surface area contributed by atoms with E-state index in [1.54, 1.807) is 4.57 Å². The van der Waals surface area contributed by atoms with E-state index in [1.165, 1.54) is 19.4 Å². The number of methoxy groups -OCH3 is 1. The van der Waals surface area contributed by atoms with E-state index in [0.29, 0.717) is 18.8 Å². The van der Waals surface area contributed by atoms with Gasteiger partial charge in [0, 0.05) is 32.1 Å². The monoisotopic (exact) mass is 262 g/mol. The van der Waals surface area contributed by atoms with Crippen LogP contribution in [0.3, 0.4) is 0 Å². The Hall–Kier alpha value is -0.890. The number of nitrogens with one attached hydrogen (secondary N) is 1. The van der Waals surface area contributed by atoms with E-state index in [-0.39, 0.29) is 18.0 Å². The van der Waals surface area contributed by atoms with Gasteiger partial charge >= 0.3 is 0 Å². The second kappa shape index (κ2) is 6.15. The molecule has 0 aliphatic heterocycles. The number of aliphatic hydroxyl groups excluding tert-OH is 1. The third-order valence-corrected chi connectivity index (χ3v) is 3.80. The molecule has 0 atom stereocenters. The minimum absolute atomic E-state index is 0.166. The highest BCUT2D eigenvalue weighted by Gasteiger charge is 2.17. The van der Waals surface area contributed by atoms with Crippen LogP contribution < -0.4 is 4.72 Å². The maximum absolute atomic E-state index is 11.8. The molecule has 6 nitrogen and oxygen atoms in total. The standard InChI is InChI=1S/C10H18N2O4S/c1-3-12-7-10(6-9(12)8-13)17(14,15)11-4-5-16-2/h6-7,11,13H,3-5,8H2,1-2H3. The first kappa shape index (κ1) is 14.2. The smallest absolute Gasteiger partial charge is 0.242 e. The van der Waals surface area contributed by atoms with Gasteiger partial charge in [-0.2, -0.15) is 0 Å². The van der Waals surface area contributed by atoms with Gasteiger partial charge in [0.2, 0.25) is 10.0 Å². The summed E-state index contributed by atoms with van der Waals surface area (Å²) in [6, 6.07) is 1.47. The Bertz CT molecular complexity index is 431. The quantitative estimate of drug-likeness (QED) is 0.674. The Balaban J connectivity index is 2.87. The Morgan fingerprint density at radius 2 is 2.24 bits per heavy atom. The van der Waals surface area contributed by atoms with Gasteiger partial charge in [-0.1, -0.05) is 0 Å². The predicted octanol–water partition coefficient (Wildman–Crippen LogP) is -0.0750. The summed E-state index contributed by atoms with van der Waals surface area (Å²) in [5.74, 6) is 0. The molecule has 1 aromatic heterocycles. The van der Waals surface area contributed by atoms with Crippen LogP contribution in [0.2, 0.25) is 0 Å². The molecule has 0 spiro atoms. The molecule has 17 heavy (non-hydrogen) atoms. The fourth-order valence-corrected chi connectivity index (χ4v) is 2.54. The summed E-state index contributed by atoms with van der Waals surface area (Å²) in [6.07, 6.45) is 1.51. The first-order valence-electron chi connectivity index (χ1n) is 5.33. The number of ether oxygens (including phenoxy) is 1. The third kappa shape index (κ3) is 3.53. The van der Waals surface area contributed by atoms with Crippen molar-refractivity contribution in [3.8, 4) is 0 Å². The molecule has 0 radical (unpaired) electrons. The molecule has 1 heterocycles. The largest absolute Gasteiger partial charge is 0.390 e. The van der Waals surface area contributed by atoms with Gasteiger partial charge in [0.1, 0.15) is 0 Å². The minimum atomic E-state index is -3.52. The summed E-state index contributed by atoms with van der Waals surface area (Å²) in [4.78, 5) is 0.166. The fraction of sp³-hybridized carbons (Fsp3) is 0.600. The molecule has 0 aliphatic carbocycles. The molecule has 0 unspecified atom stereocenters. The summed E-state index contributed by atoms with van der Waals surface area (Å²) in [6.45, 7) is 2.87. The van der Waals surface area contributed by atoms with Crippen LogP contribution in [0, 0.1) is 0 Å². The summed E-state index contributed by atoms with van der Waals surface area (Å²) >= 11 is 0. The van der Waals surface area contributed by atoms with Crippen LogP contribution in [0.5, 0.6) is 0 Å². The number of nitrogens with zero attached hydrogens (tertiary/aromatic N) is 1. The van der Waals surface area contributed by atoms with Gasteiger partial charge in [-0.25, -0.2) is 13.1 Å². The lowest BCUT2D eigenvalue weighted by molar-refractivity contribution is 0.204. The minimum Gasteiger partial charge on any atom is -0.390 e. The van der Waals surface area contributed by atoms with Gasteiger partial charge in [0.25, 0.3) is 0 Å². The summed E-state index contributed by atoms with van der Waals surface area (Å²) in [5.41, 5.74) is 0.583. The van der Waals surface area contributed by atoms with Crippen LogP contribution in [0.25, 0.3) is 0 Å². The van der Waals surface area contributed by atoms with Gasteiger partial charge < -0.3 is 14.4 Å². The number of aromatic nitrogens is 1. The van der Waals surface area contributed by atoms with Crippen molar-refractivity contribution in [1.29, 1.82) is 0 Å². The topological polar surface area (TPSA) is 80.6 Å². The maximum Gasteiger partial charge on any atom is 0.242 e. The number of hydrogen-bond acceptors (Lipinski definition) is 4. The number of aryl methyl sites for hydroxylation is 1. The van der Waals surface area contributed by atoms with Crippen molar-refractivity contribution < 1.29 is 18.3 Å². The number of rotatable bonds is 7. The number of hydrogen-bond donors (Lipinski definition) is 2. The third-order valence-electron chi connectivity index (χ3n) is 2.37. The Morgan fingerprint density at radius 3 is 2.71 bits per heavy atom. The molecule has 1 aromatic rings. The number of aliphatic hydroxyl groups is 1. The van der Waals surface area contributed by atoms with Gasteiger partial charge in [-0.15, -0.1) is 0 Å². The molecular formula is C10H18N2O4S. The van der Waals surface area contributed by atoms with Crippen molar-refractivity contribution in [2.24, 2.45) is 0 Å². The molecule has 0 amide bonds. The average Bonchev–Trinajstić information content (AvgIpc) is 2.73. The highest BCUT2D eigenvalue weighted by atomic mass is 32.2. The van der Waals surface area contributed by atoms with Gasteiger partial charge in [0.15, 0.2) is 0 Å². The molecule has 98 valence electrons. The highest BCUT2D eigenvalue weighted by Crippen LogP contribution is 2.14. The maximum atomic E-state index is 11.8. The zero-order chi connectivity index (χ0) is 12.9. The van der Waals surface area contributed by atoms with E-state index in [1.807, 2.05) is 6.92 Å². The van der Waals surface area contributed by atoms with Crippen molar-refractivity contribution >= 4 is 10.0 Å². The average molecular weight is 262 g/mol. The Kier molecular flexibility index (Phi) is 5.13. The second-order valence-corrected chi connectivity index (χ2v) is 5.27. The van der Waals surface area contributed by atoms with Crippen LogP contribution >= 0.6 is 0 Å². The van der Waals surface area contributed by atoms with Crippen molar-refractivity contribution in [2.45, 2.75) is 25.0 Å². The normalized spacial score (nSPS) is 11.9. The Labute approximate surface area is 101 Å². The first-order chi connectivity index (χ1) is 8.05. The van der Waals surface area contributed by atoms with E-state index < -0.39 is 10.0 Å². The van der Waals surface area contributed by atoms with E-state index >= 15 is 0 Å². The SMILES string of the molecule is CCn1cc(S(=O)(=O)NCCOC)cc1CO. The lowest BCUT2D eigenvalue weighted by Crippen LogP contribution is -2.26. The Morgan fingerprint density at radius 1 is 1.53 bits per heavy atom. The molecule has 0 bridgehead atoms. The predicted molar refractivity (Wildman–Crippen MR) is 63.1 cm³/mol. The van der Waals surface area contributed by atoms with Crippen molar-refractivity contribution in [1.82, 2.24) is 9.29 Å². The van der Waals surface area contributed by atoms with Gasteiger partial charge in [-0.3, -0.25) is 0 Å². The van der Waals surface area contributed by atoms with Gasteiger partial charge in [-0.05, 0) is 13.0 Å². The molecule has 0 aliphatic rings.